The molecule has 1 N–H and O–H groups in total. The van der Waals surface area contributed by atoms with Crippen LogP contribution in [0.1, 0.15) is 10.4 Å². The quantitative estimate of drug-likeness (QED) is 0.462. The highest BCUT2D eigenvalue weighted by Gasteiger charge is 2.20. The van der Waals surface area contributed by atoms with E-state index in [1.807, 2.05) is 0 Å². The maximum absolute atomic E-state index is 11.7. The molecular formula is C13H14O5. The number of hydrogen-bond acceptors (Lipinski definition) is 5. The predicted molar refractivity (Wildman–Crippen MR) is 63.9 cm³/mol. The lowest BCUT2D eigenvalue weighted by atomic mass is 10.2. The summed E-state index contributed by atoms with van der Waals surface area (Å²) >= 11 is 0. The van der Waals surface area contributed by atoms with E-state index >= 15 is 0 Å². The van der Waals surface area contributed by atoms with Crippen LogP contribution in [0.25, 0.3) is 0 Å². The summed E-state index contributed by atoms with van der Waals surface area (Å²) in [6.45, 7) is -0.578. The number of hydrogen-bond donors (Lipinski definition) is 1. The van der Waals surface area contributed by atoms with Gasteiger partial charge in [0, 0.05) is 6.08 Å². The van der Waals surface area contributed by atoms with E-state index in [1.54, 1.807) is 30.3 Å². The average molecular weight is 250 g/mol. The fourth-order valence-electron chi connectivity index (χ4n) is 1.20. The van der Waals surface area contributed by atoms with Crippen LogP contribution < -0.4 is 0 Å². The van der Waals surface area contributed by atoms with Gasteiger partial charge in [-0.15, -0.1) is 0 Å². The molecule has 0 aliphatic rings. The first-order chi connectivity index (χ1) is 8.69. The van der Waals surface area contributed by atoms with Crippen LogP contribution in [-0.4, -0.2) is 36.7 Å². The molecule has 5 heteroatoms. The minimum Gasteiger partial charge on any atom is -0.504 e. The fourth-order valence-corrected chi connectivity index (χ4v) is 1.20. The van der Waals surface area contributed by atoms with Gasteiger partial charge >= 0.3 is 5.97 Å². The highest BCUT2D eigenvalue weighted by Crippen LogP contribution is 2.05. The lowest BCUT2D eigenvalue weighted by Gasteiger charge is -2.12. The molecule has 1 aromatic rings. The van der Waals surface area contributed by atoms with Crippen molar-refractivity contribution >= 4 is 11.8 Å². The molecule has 1 aromatic carbocycles. The summed E-state index contributed by atoms with van der Waals surface area (Å²) in [4.78, 5) is 23.1. The summed E-state index contributed by atoms with van der Waals surface area (Å²) in [7, 11) is 1.38. The van der Waals surface area contributed by atoms with Gasteiger partial charge in [0.2, 0.25) is 5.78 Å². The molecular weight excluding hydrogens is 236 g/mol. The number of rotatable bonds is 6. The van der Waals surface area contributed by atoms with Crippen LogP contribution in [0.5, 0.6) is 0 Å². The molecule has 0 aliphatic carbocycles. The SMILES string of the molecule is COC=CC(=O)C(CO)OC(=O)c1ccccc1. The number of carbonyl (C=O) groups excluding carboxylic acids is 2. The average Bonchev–Trinajstić information content (AvgIpc) is 2.42. The molecule has 18 heavy (non-hydrogen) atoms. The Morgan fingerprint density at radius 3 is 2.56 bits per heavy atom. The van der Waals surface area contributed by atoms with Crippen molar-refractivity contribution in [3.8, 4) is 0 Å². The molecule has 96 valence electrons. The summed E-state index contributed by atoms with van der Waals surface area (Å²) < 4.78 is 9.47. The van der Waals surface area contributed by atoms with E-state index in [9.17, 15) is 9.59 Å². The lowest BCUT2D eigenvalue weighted by molar-refractivity contribution is -0.124. The molecule has 1 atom stereocenters. The Morgan fingerprint density at radius 1 is 1.33 bits per heavy atom. The molecule has 5 nitrogen and oxygen atoms in total. The van der Waals surface area contributed by atoms with E-state index in [0.717, 1.165) is 12.3 Å². The van der Waals surface area contributed by atoms with E-state index < -0.39 is 24.5 Å². The van der Waals surface area contributed by atoms with Crippen LogP contribution in [0.4, 0.5) is 0 Å². The number of esters is 1. The summed E-state index contributed by atoms with van der Waals surface area (Å²) in [6.07, 6.45) is 1.03. The van der Waals surface area contributed by atoms with Crippen molar-refractivity contribution in [3.05, 3.63) is 48.2 Å². The van der Waals surface area contributed by atoms with Gasteiger partial charge in [-0.1, -0.05) is 18.2 Å². The zero-order chi connectivity index (χ0) is 13.4. The number of ether oxygens (including phenoxy) is 2. The van der Waals surface area contributed by atoms with Gasteiger partial charge in [-0.05, 0) is 12.1 Å². The van der Waals surface area contributed by atoms with Crippen LogP contribution >= 0.6 is 0 Å². The van der Waals surface area contributed by atoms with E-state index in [4.69, 9.17) is 9.84 Å². The van der Waals surface area contributed by atoms with Gasteiger partial charge < -0.3 is 14.6 Å². The Bertz CT molecular complexity index is 424. The van der Waals surface area contributed by atoms with Gasteiger partial charge in [0.25, 0.3) is 0 Å². The standard InChI is InChI=1S/C13H14O5/c1-17-8-7-11(15)12(9-14)18-13(16)10-5-3-2-4-6-10/h2-8,12,14H,9H2,1H3. The first kappa shape index (κ1) is 13.9. The van der Waals surface area contributed by atoms with E-state index in [-0.39, 0.29) is 0 Å². The number of aliphatic hydroxyl groups is 1. The third-order valence-electron chi connectivity index (χ3n) is 2.11. The number of ketones is 1. The van der Waals surface area contributed by atoms with E-state index in [0.29, 0.717) is 5.56 Å². The highest BCUT2D eigenvalue weighted by molar-refractivity contribution is 5.97. The van der Waals surface area contributed by atoms with Crippen molar-refractivity contribution in [2.24, 2.45) is 0 Å². The van der Waals surface area contributed by atoms with Crippen molar-refractivity contribution in [1.82, 2.24) is 0 Å². The number of methoxy groups -OCH3 is 1. The Kier molecular flexibility index (Phi) is 5.60. The molecule has 0 amide bonds. The Labute approximate surface area is 105 Å². The maximum Gasteiger partial charge on any atom is 0.338 e. The summed E-state index contributed by atoms with van der Waals surface area (Å²) in [6, 6.07) is 8.24. The Balaban J connectivity index is 2.66. The smallest absolute Gasteiger partial charge is 0.338 e. The van der Waals surface area contributed by atoms with Crippen molar-refractivity contribution in [3.63, 3.8) is 0 Å². The van der Waals surface area contributed by atoms with E-state index in [1.165, 1.54) is 7.11 Å². The fraction of sp³-hybridized carbons (Fsp3) is 0.231. The van der Waals surface area contributed by atoms with Gasteiger partial charge in [-0.3, -0.25) is 4.79 Å². The van der Waals surface area contributed by atoms with Crippen LogP contribution in [0.15, 0.2) is 42.7 Å². The third-order valence-corrected chi connectivity index (χ3v) is 2.11. The van der Waals surface area contributed by atoms with Gasteiger partial charge in [0.15, 0.2) is 6.10 Å². The van der Waals surface area contributed by atoms with Crippen molar-refractivity contribution in [2.75, 3.05) is 13.7 Å². The zero-order valence-electron chi connectivity index (χ0n) is 9.91. The first-order valence-corrected chi connectivity index (χ1v) is 5.29. The molecule has 0 saturated carbocycles. The molecule has 0 saturated heterocycles. The van der Waals surface area contributed by atoms with Crippen LogP contribution in [0.2, 0.25) is 0 Å². The topological polar surface area (TPSA) is 72.8 Å². The molecule has 1 rings (SSSR count). The molecule has 0 bridgehead atoms. The predicted octanol–water partition coefficient (Wildman–Crippen LogP) is 0.933. The molecule has 0 radical (unpaired) electrons. The zero-order valence-corrected chi connectivity index (χ0v) is 9.91. The number of benzene rings is 1. The van der Waals surface area contributed by atoms with Crippen molar-refractivity contribution in [1.29, 1.82) is 0 Å². The second-order valence-corrected chi connectivity index (χ2v) is 3.38. The van der Waals surface area contributed by atoms with Gasteiger partial charge in [0.05, 0.1) is 25.5 Å². The summed E-state index contributed by atoms with van der Waals surface area (Å²) in [5, 5.41) is 9.02. The highest BCUT2D eigenvalue weighted by atomic mass is 16.6. The molecule has 0 fully saturated rings. The maximum atomic E-state index is 11.7. The van der Waals surface area contributed by atoms with Crippen LogP contribution in [0.3, 0.4) is 0 Å². The summed E-state index contributed by atoms with van der Waals surface area (Å²) in [5.41, 5.74) is 0.319. The van der Waals surface area contributed by atoms with Gasteiger partial charge in [0.1, 0.15) is 0 Å². The van der Waals surface area contributed by atoms with Gasteiger partial charge in [-0.25, -0.2) is 4.79 Å². The number of carbonyl (C=O) groups is 2. The second kappa shape index (κ2) is 7.24. The molecule has 0 spiro atoms. The third kappa shape index (κ3) is 4.03. The van der Waals surface area contributed by atoms with E-state index in [2.05, 4.69) is 4.74 Å². The van der Waals surface area contributed by atoms with Gasteiger partial charge in [-0.2, -0.15) is 0 Å². The minimum atomic E-state index is -1.22. The lowest BCUT2D eigenvalue weighted by Crippen LogP contribution is -2.29. The largest absolute Gasteiger partial charge is 0.504 e. The van der Waals surface area contributed by atoms with Crippen LogP contribution in [0, 0.1) is 0 Å². The number of aliphatic hydroxyl groups excluding tert-OH is 1. The van der Waals surface area contributed by atoms with Crippen molar-refractivity contribution in [2.45, 2.75) is 6.10 Å². The molecule has 1 unspecified atom stereocenters. The summed E-state index contributed by atoms with van der Waals surface area (Å²) in [5.74, 6) is -1.20. The van der Waals surface area contributed by atoms with Crippen LogP contribution in [-0.2, 0) is 14.3 Å². The monoisotopic (exact) mass is 250 g/mol. The molecule has 0 aliphatic heterocycles. The van der Waals surface area contributed by atoms with Crippen molar-refractivity contribution < 1.29 is 24.2 Å². The molecule has 0 heterocycles. The first-order valence-electron chi connectivity index (χ1n) is 5.29. The molecule has 0 aromatic heterocycles. The second-order valence-electron chi connectivity index (χ2n) is 3.38. The Hall–Kier alpha value is -2.14. The Morgan fingerprint density at radius 2 is 2.00 bits per heavy atom. The normalized spacial score (nSPS) is 12.1. The minimum absolute atomic E-state index is 0.319.